The summed E-state index contributed by atoms with van der Waals surface area (Å²) < 4.78 is 0. The van der Waals surface area contributed by atoms with E-state index in [0.29, 0.717) is 0 Å². The fourth-order valence-electron chi connectivity index (χ4n) is 0.908. The monoisotopic (exact) mass is 168 g/mol. The summed E-state index contributed by atoms with van der Waals surface area (Å²) in [6.07, 6.45) is 0. The topological polar surface area (TPSA) is 72.2 Å². The molecule has 0 spiro atoms. The molecule has 0 aliphatic carbocycles. The fraction of sp³-hybridized carbons (Fsp3) is 0.500. The Morgan fingerprint density at radius 3 is 2.00 bits per heavy atom. The highest BCUT2D eigenvalue weighted by molar-refractivity contribution is 5.71. The first-order chi connectivity index (χ1) is 5.33. The highest BCUT2D eigenvalue weighted by atomic mass is 16.2. The highest BCUT2D eigenvalue weighted by Gasteiger charge is 2.21. The van der Waals surface area contributed by atoms with Crippen molar-refractivity contribution in [2.75, 3.05) is 11.1 Å². The maximum Gasteiger partial charge on any atom is 0.253 e. The molecule has 0 bridgehead atoms. The van der Waals surface area contributed by atoms with Crippen molar-refractivity contribution in [1.29, 1.82) is 0 Å². The molecule has 0 aliphatic rings. The van der Waals surface area contributed by atoms with E-state index in [0.717, 1.165) is 0 Å². The molecule has 0 saturated carbocycles. The SMILES string of the molecule is CC(C)(C)Nc1c(N)c(=O)c1=O. The predicted molar refractivity (Wildman–Crippen MR) is 49.1 cm³/mol. The molecule has 0 radical (unpaired) electrons. The first kappa shape index (κ1) is 8.77. The molecule has 4 heteroatoms. The lowest BCUT2D eigenvalue weighted by Crippen LogP contribution is -2.41. The maximum absolute atomic E-state index is 10.9. The van der Waals surface area contributed by atoms with Crippen molar-refractivity contribution in [3.8, 4) is 0 Å². The van der Waals surface area contributed by atoms with Crippen LogP contribution in [0.2, 0.25) is 0 Å². The van der Waals surface area contributed by atoms with Gasteiger partial charge < -0.3 is 11.1 Å². The molecule has 1 aromatic carbocycles. The number of rotatable bonds is 1. The van der Waals surface area contributed by atoms with Crippen LogP contribution in [-0.4, -0.2) is 5.54 Å². The second-order valence-corrected chi connectivity index (χ2v) is 3.82. The van der Waals surface area contributed by atoms with Crippen LogP contribution in [0.3, 0.4) is 0 Å². The summed E-state index contributed by atoms with van der Waals surface area (Å²) in [6, 6.07) is 0. The number of nitrogens with one attached hydrogen (secondary N) is 1. The van der Waals surface area contributed by atoms with Gasteiger partial charge in [-0.3, -0.25) is 9.59 Å². The molecule has 4 nitrogen and oxygen atoms in total. The van der Waals surface area contributed by atoms with Gasteiger partial charge >= 0.3 is 0 Å². The molecule has 12 heavy (non-hydrogen) atoms. The summed E-state index contributed by atoms with van der Waals surface area (Å²) >= 11 is 0. The van der Waals surface area contributed by atoms with Crippen LogP contribution >= 0.6 is 0 Å². The Hall–Kier alpha value is -1.32. The van der Waals surface area contributed by atoms with Crippen LogP contribution in [0, 0.1) is 0 Å². The van der Waals surface area contributed by atoms with Crippen molar-refractivity contribution in [2.24, 2.45) is 0 Å². The smallest absolute Gasteiger partial charge is 0.253 e. The molecule has 0 atom stereocenters. The largest absolute Gasteiger partial charge is 0.394 e. The van der Waals surface area contributed by atoms with E-state index in [1.54, 1.807) is 0 Å². The van der Waals surface area contributed by atoms with Crippen molar-refractivity contribution in [3.05, 3.63) is 20.4 Å². The van der Waals surface area contributed by atoms with Crippen molar-refractivity contribution < 1.29 is 0 Å². The number of hydrogen-bond donors (Lipinski definition) is 2. The van der Waals surface area contributed by atoms with E-state index in [4.69, 9.17) is 5.73 Å². The molecule has 66 valence electrons. The first-order valence-corrected chi connectivity index (χ1v) is 3.70. The zero-order valence-corrected chi connectivity index (χ0v) is 7.39. The minimum Gasteiger partial charge on any atom is -0.394 e. The van der Waals surface area contributed by atoms with Gasteiger partial charge in [-0.15, -0.1) is 0 Å². The Morgan fingerprint density at radius 2 is 1.67 bits per heavy atom. The molecule has 0 fully saturated rings. The first-order valence-electron chi connectivity index (χ1n) is 3.70. The van der Waals surface area contributed by atoms with Gasteiger partial charge in [0.1, 0.15) is 11.4 Å². The predicted octanol–water partition coefficient (Wildman–Crippen LogP) is 0.0752. The van der Waals surface area contributed by atoms with Gasteiger partial charge in [-0.25, -0.2) is 0 Å². The van der Waals surface area contributed by atoms with Gasteiger partial charge in [0.15, 0.2) is 0 Å². The zero-order chi connectivity index (χ0) is 9.52. The van der Waals surface area contributed by atoms with Gasteiger partial charge in [0, 0.05) is 5.54 Å². The van der Waals surface area contributed by atoms with Crippen LogP contribution in [0.15, 0.2) is 9.59 Å². The summed E-state index contributed by atoms with van der Waals surface area (Å²) in [7, 11) is 0. The van der Waals surface area contributed by atoms with Crippen LogP contribution < -0.4 is 21.9 Å². The lowest BCUT2D eigenvalue weighted by atomic mass is 10.1. The molecule has 1 aromatic rings. The average molecular weight is 168 g/mol. The van der Waals surface area contributed by atoms with Gasteiger partial charge in [0.2, 0.25) is 0 Å². The molecule has 0 aromatic heterocycles. The van der Waals surface area contributed by atoms with Gasteiger partial charge in [-0.2, -0.15) is 0 Å². The van der Waals surface area contributed by atoms with Crippen LogP contribution in [0.25, 0.3) is 0 Å². The number of hydrogen-bond acceptors (Lipinski definition) is 4. The standard InChI is InChI=1S/C8H12N2O2/c1-8(2,3)10-5-4(9)6(11)7(5)12/h10H,9H2,1-3H3. The molecular weight excluding hydrogens is 156 g/mol. The van der Waals surface area contributed by atoms with Gasteiger partial charge in [0.05, 0.1) is 0 Å². The number of anilines is 2. The Labute approximate surface area is 70.1 Å². The number of nitrogen functional groups attached to an aromatic ring is 1. The maximum atomic E-state index is 10.9. The van der Waals surface area contributed by atoms with E-state index in [-0.39, 0.29) is 16.9 Å². The minimum atomic E-state index is -0.582. The molecule has 3 N–H and O–H groups in total. The third-order valence-corrected chi connectivity index (χ3v) is 1.45. The molecule has 0 saturated heterocycles. The molecule has 0 amide bonds. The van der Waals surface area contributed by atoms with Crippen molar-refractivity contribution >= 4 is 11.4 Å². The van der Waals surface area contributed by atoms with Crippen molar-refractivity contribution in [1.82, 2.24) is 0 Å². The van der Waals surface area contributed by atoms with Crippen LogP contribution in [0.5, 0.6) is 0 Å². The van der Waals surface area contributed by atoms with Gasteiger partial charge in [-0.05, 0) is 20.8 Å². The summed E-state index contributed by atoms with van der Waals surface area (Å²) in [5.74, 6) is 0. The second kappa shape index (κ2) is 2.33. The van der Waals surface area contributed by atoms with E-state index >= 15 is 0 Å². The third-order valence-electron chi connectivity index (χ3n) is 1.45. The quantitative estimate of drug-likeness (QED) is 0.582. The molecular formula is C8H12N2O2. The second-order valence-electron chi connectivity index (χ2n) is 3.82. The Balaban J connectivity index is 2.95. The molecule has 0 aliphatic heterocycles. The van der Waals surface area contributed by atoms with Crippen LogP contribution in [-0.2, 0) is 0 Å². The molecule has 1 rings (SSSR count). The van der Waals surface area contributed by atoms with E-state index in [1.807, 2.05) is 20.8 Å². The third kappa shape index (κ3) is 1.32. The summed E-state index contributed by atoms with van der Waals surface area (Å²) in [6.45, 7) is 5.68. The Kier molecular flexibility index (Phi) is 1.71. The lowest BCUT2D eigenvalue weighted by molar-refractivity contribution is 0.632. The van der Waals surface area contributed by atoms with Gasteiger partial charge in [0.25, 0.3) is 10.9 Å². The van der Waals surface area contributed by atoms with Crippen LogP contribution in [0.4, 0.5) is 11.4 Å². The minimum absolute atomic E-state index is 0.0509. The van der Waals surface area contributed by atoms with Crippen molar-refractivity contribution in [3.63, 3.8) is 0 Å². The average Bonchev–Trinajstić information content (AvgIpc) is 1.96. The zero-order valence-electron chi connectivity index (χ0n) is 7.39. The molecule has 0 unspecified atom stereocenters. The number of nitrogens with two attached hydrogens (primary N) is 1. The van der Waals surface area contributed by atoms with E-state index in [1.165, 1.54) is 0 Å². The summed E-state index contributed by atoms with van der Waals surface area (Å²) in [5.41, 5.74) is 4.29. The Bertz CT molecular complexity index is 367. The summed E-state index contributed by atoms with van der Waals surface area (Å²) in [4.78, 5) is 21.6. The highest BCUT2D eigenvalue weighted by Crippen LogP contribution is 2.15. The summed E-state index contributed by atoms with van der Waals surface area (Å²) in [5, 5.41) is 2.87. The van der Waals surface area contributed by atoms with Crippen molar-refractivity contribution in [2.45, 2.75) is 26.3 Å². The fourth-order valence-corrected chi connectivity index (χ4v) is 0.908. The van der Waals surface area contributed by atoms with E-state index < -0.39 is 10.9 Å². The van der Waals surface area contributed by atoms with E-state index in [9.17, 15) is 9.59 Å². The lowest BCUT2D eigenvalue weighted by Gasteiger charge is -2.23. The normalized spacial score (nSPS) is 11.9. The van der Waals surface area contributed by atoms with Gasteiger partial charge in [-0.1, -0.05) is 0 Å². The Morgan fingerprint density at radius 1 is 1.17 bits per heavy atom. The molecule has 0 heterocycles. The van der Waals surface area contributed by atoms with E-state index in [2.05, 4.69) is 5.32 Å². The van der Waals surface area contributed by atoms with Crippen LogP contribution in [0.1, 0.15) is 20.8 Å².